The minimum atomic E-state index is -3.91. The van der Waals surface area contributed by atoms with E-state index in [2.05, 4.69) is 9.44 Å². The zero-order chi connectivity index (χ0) is 20.2. The predicted octanol–water partition coefficient (Wildman–Crippen LogP) is 2.79. The molecular weight excluding hydrogens is 415 g/mol. The molecule has 6 nitrogen and oxygen atoms in total. The fourth-order valence-corrected chi connectivity index (χ4v) is 5.30. The molecule has 0 spiro atoms. The van der Waals surface area contributed by atoms with Gasteiger partial charge in [0.15, 0.2) is 0 Å². The van der Waals surface area contributed by atoms with E-state index in [1.165, 1.54) is 0 Å². The van der Waals surface area contributed by atoms with Gasteiger partial charge >= 0.3 is 0 Å². The van der Waals surface area contributed by atoms with Crippen molar-refractivity contribution in [3.8, 4) is 0 Å². The monoisotopic (exact) mass is 434 g/mol. The molecule has 0 saturated carbocycles. The summed E-state index contributed by atoms with van der Waals surface area (Å²) < 4.78 is 66.4. The Labute approximate surface area is 163 Å². The number of hydrogen-bond acceptors (Lipinski definition) is 4. The average Bonchev–Trinajstić information content (AvgIpc) is 2.52. The summed E-state index contributed by atoms with van der Waals surface area (Å²) in [6, 6.07) is 9.35. The summed E-state index contributed by atoms with van der Waals surface area (Å²) in [6.45, 7) is 3.45. The van der Waals surface area contributed by atoms with Gasteiger partial charge in [-0.1, -0.05) is 35.9 Å². The van der Waals surface area contributed by atoms with E-state index in [1.807, 2.05) is 0 Å². The highest BCUT2D eigenvalue weighted by Crippen LogP contribution is 2.22. The van der Waals surface area contributed by atoms with Crippen molar-refractivity contribution in [1.29, 1.82) is 0 Å². The molecule has 0 saturated heterocycles. The SMILES string of the molecule is CC(C)NS(=O)(=O)Cc1ccc(CNS(=O)(=O)c2ccc(F)cc2Cl)cc1. The van der Waals surface area contributed by atoms with Crippen LogP contribution in [0.1, 0.15) is 25.0 Å². The topological polar surface area (TPSA) is 92.3 Å². The molecule has 0 aliphatic rings. The van der Waals surface area contributed by atoms with Crippen molar-refractivity contribution in [3.05, 3.63) is 64.4 Å². The molecule has 0 aliphatic carbocycles. The molecule has 2 N–H and O–H groups in total. The Kier molecular flexibility index (Phi) is 6.98. The van der Waals surface area contributed by atoms with Gasteiger partial charge in [-0.25, -0.2) is 30.7 Å². The minimum Gasteiger partial charge on any atom is -0.212 e. The summed E-state index contributed by atoms with van der Waals surface area (Å²) in [6.07, 6.45) is 0. The highest BCUT2D eigenvalue weighted by Gasteiger charge is 2.18. The van der Waals surface area contributed by atoms with Gasteiger partial charge in [0.05, 0.1) is 10.8 Å². The van der Waals surface area contributed by atoms with Gasteiger partial charge in [-0.15, -0.1) is 0 Å². The molecule has 0 aromatic heterocycles. The average molecular weight is 435 g/mol. The second-order valence-electron chi connectivity index (χ2n) is 6.25. The molecule has 2 rings (SSSR count). The van der Waals surface area contributed by atoms with Crippen LogP contribution in [0.3, 0.4) is 0 Å². The van der Waals surface area contributed by atoms with Crippen LogP contribution >= 0.6 is 11.6 Å². The molecule has 2 aromatic carbocycles. The quantitative estimate of drug-likeness (QED) is 0.668. The fourth-order valence-electron chi connectivity index (χ4n) is 2.32. The third-order valence-corrected chi connectivity index (χ3v) is 6.87. The van der Waals surface area contributed by atoms with Crippen LogP contribution in [0.15, 0.2) is 47.4 Å². The number of nitrogens with one attached hydrogen (secondary N) is 2. The Morgan fingerprint density at radius 2 is 1.59 bits per heavy atom. The van der Waals surface area contributed by atoms with Gasteiger partial charge in [0.25, 0.3) is 0 Å². The first-order valence-corrected chi connectivity index (χ1v) is 11.5. The standard InChI is InChI=1S/C17H20ClFN2O4S2/c1-12(2)21-26(22,23)11-14-5-3-13(4-6-14)10-20-27(24,25)17-8-7-15(19)9-16(17)18/h3-9,12,20-21H,10-11H2,1-2H3. The molecule has 0 atom stereocenters. The molecule has 0 amide bonds. The van der Waals surface area contributed by atoms with Gasteiger partial charge in [-0.2, -0.15) is 0 Å². The van der Waals surface area contributed by atoms with Gasteiger partial charge in [-0.3, -0.25) is 0 Å². The molecule has 10 heteroatoms. The Morgan fingerprint density at radius 1 is 1.00 bits per heavy atom. The van der Waals surface area contributed by atoms with Crippen molar-refractivity contribution < 1.29 is 21.2 Å². The van der Waals surface area contributed by atoms with Crippen LogP contribution in [0.5, 0.6) is 0 Å². The fraction of sp³-hybridized carbons (Fsp3) is 0.294. The summed E-state index contributed by atoms with van der Waals surface area (Å²) in [4.78, 5) is -0.215. The summed E-state index contributed by atoms with van der Waals surface area (Å²) in [5.74, 6) is -0.793. The van der Waals surface area contributed by atoms with E-state index in [0.29, 0.717) is 11.1 Å². The smallest absolute Gasteiger partial charge is 0.212 e. The second kappa shape index (κ2) is 8.66. The van der Waals surface area contributed by atoms with Crippen molar-refractivity contribution in [1.82, 2.24) is 9.44 Å². The first-order valence-electron chi connectivity index (χ1n) is 8.01. The predicted molar refractivity (Wildman–Crippen MR) is 103 cm³/mol. The Balaban J connectivity index is 2.04. The largest absolute Gasteiger partial charge is 0.242 e. The number of rotatable bonds is 8. The van der Waals surface area contributed by atoms with Crippen LogP contribution in [0.4, 0.5) is 4.39 Å². The van der Waals surface area contributed by atoms with E-state index in [9.17, 15) is 21.2 Å². The molecule has 27 heavy (non-hydrogen) atoms. The Hall–Kier alpha value is -1.52. The number of halogens is 2. The summed E-state index contributed by atoms with van der Waals surface area (Å²) in [7, 11) is -7.35. The molecule has 148 valence electrons. The van der Waals surface area contributed by atoms with E-state index in [-0.39, 0.29) is 28.3 Å². The van der Waals surface area contributed by atoms with E-state index < -0.39 is 25.9 Å². The lowest BCUT2D eigenvalue weighted by Gasteiger charge is -2.11. The van der Waals surface area contributed by atoms with Crippen molar-refractivity contribution >= 4 is 31.6 Å². The number of benzene rings is 2. The van der Waals surface area contributed by atoms with Crippen LogP contribution in [0.25, 0.3) is 0 Å². The van der Waals surface area contributed by atoms with Gasteiger partial charge in [0.2, 0.25) is 20.0 Å². The maximum absolute atomic E-state index is 13.1. The highest BCUT2D eigenvalue weighted by atomic mass is 35.5. The number of sulfonamides is 2. The summed E-state index contributed by atoms with van der Waals surface area (Å²) >= 11 is 5.79. The molecule has 0 heterocycles. The third-order valence-electron chi connectivity index (χ3n) is 3.44. The van der Waals surface area contributed by atoms with Crippen LogP contribution in [0.2, 0.25) is 5.02 Å². The zero-order valence-electron chi connectivity index (χ0n) is 14.7. The van der Waals surface area contributed by atoms with Crippen molar-refractivity contribution in [2.75, 3.05) is 0 Å². The molecule has 0 fully saturated rings. The molecule has 0 aliphatic heterocycles. The Morgan fingerprint density at radius 3 is 2.15 bits per heavy atom. The lowest BCUT2D eigenvalue weighted by atomic mass is 10.1. The van der Waals surface area contributed by atoms with Crippen molar-refractivity contribution in [2.45, 2.75) is 37.1 Å². The van der Waals surface area contributed by atoms with Crippen LogP contribution in [0, 0.1) is 5.82 Å². The summed E-state index contributed by atoms with van der Waals surface area (Å²) in [5.41, 5.74) is 1.21. The molecule has 2 aromatic rings. The van der Waals surface area contributed by atoms with Crippen LogP contribution < -0.4 is 9.44 Å². The number of hydrogen-bond donors (Lipinski definition) is 2. The molecule has 0 radical (unpaired) electrons. The first kappa shape index (κ1) is 21.8. The minimum absolute atomic E-state index is 0.0205. The van der Waals surface area contributed by atoms with Crippen molar-refractivity contribution in [2.24, 2.45) is 0 Å². The van der Waals surface area contributed by atoms with Gasteiger partial charge in [0, 0.05) is 12.6 Å². The zero-order valence-corrected chi connectivity index (χ0v) is 17.1. The second-order valence-corrected chi connectivity index (χ2v) is 10.1. The molecular formula is C17H20ClFN2O4S2. The highest BCUT2D eigenvalue weighted by molar-refractivity contribution is 7.89. The Bertz CT molecular complexity index is 1010. The van der Waals surface area contributed by atoms with Gasteiger partial charge in [-0.05, 0) is 43.2 Å². The van der Waals surface area contributed by atoms with Crippen LogP contribution in [-0.4, -0.2) is 22.9 Å². The van der Waals surface area contributed by atoms with Gasteiger partial charge < -0.3 is 0 Å². The van der Waals surface area contributed by atoms with E-state index >= 15 is 0 Å². The normalized spacial score (nSPS) is 12.5. The molecule has 0 unspecified atom stereocenters. The lowest BCUT2D eigenvalue weighted by Crippen LogP contribution is -2.31. The van der Waals surface area contributed by atoms with Crippen molar-refractivity contribution in [3.63, 3.8) is 0 Å². The van der Waals surface area contributed by atoms with E-state index in [1.54, 1.807) is 38.1 Å². The van der Waals surface area contributed by atoms with E-state index in [0.717, 1.165) is 18.2 Å². The first-order chi connectivity index (χ1) is 12.5. The maximum atomic E-state index is 13.1. The van der Waals surface area contributed by atoms with E-state index in [4.69, 9.17) is 11.6 Å². The maximum Gasteiger partial charge on any atom is 0.242 e. The summed E-state index contributed by atoms with van der Waals surface area (Å²) in [5, 5.41) is -0.208. The van der Waals surface area contributed by atoms with Crippen LogP contribution in [-0.2, 0) is 32.3 Å². The van der Waals surface area contributed by atoms with Gasteiger partial charge in [0.1, 0.15) is 10.7 Å². The third kappa shape index (κ3) is 6.54. The molecule has 0 bridgehead atoms. The lowest BCUT2D eigenvalue weighted by molar-refractivity contribution is 0.569.